The molecule has 1 aromatic carbocycles. The zero-order valence-corrected chi connectivity index (χ0v) is 13.2. The summed E-state index contributed by atoms with van der Waals surface area (Å²) >= 11 is 5.84. The Kier molecular flexibility index (Phi) is 4.45. The zero-order chi connectivity index (χ0) is 16.4. The van der Waals surface area contributed by atoms with Gasteiger partial charge in [-0.2, -0.15) is 4.98 Å². The van der Waals surface area contributed by atoms with Gasteiger partial charge in [0.15, 0.2) is 0 Å². The monoisotopic (exact) mass is 333 g/mol. The van der Waals surface area contributed by atoms with Gasteiger partial charge in [-0.15, -0.1) is 0 Å². The molecule has 1 aliphatic carbocycles. The molecule has 0 radical (unpaired) electrons. The number of fused-ring (bicyclic) bond motifs is 1. The standard InChI is InChI=1S/C16H16ClN3O3/c1-2-23-15(22)11-8-18-16(17)20-14(11)19-13-10-6-4-3-5-9(10)7-12(13)21/h3-6,8,12-13,21H,2,7H2,1H3,(H,18,19,20)/t12-,13+/m0/s1. The number of nitrogens with zero attached hydrogens (tertiary/aromatic N) is 2. The van der Waals surface area contributed by atoms with Crippen molar-refractivity contribution in [2.24, 2.45) is 0 Å². The summed E-state index contributed by atoms with van der Waals surface area (Å²) in [5.41, 5.74) is 2.23. The van der Waals surface area contributed by atoms with Crippen LogP contribution in [0.15, 0.2) is 30.5 Å². The van der Waals surface area contributed by atoms with E-state index in [4.69, 9.17) is 16.3 Å². The lowest BCUT2D eigenvalue weighted by atomic mass is 10.1. The van der Waals surface area contributed by atoms with E-state index < -0.39 is 12.1 Å². The summed E-state index contributed by atoms with van der Waals surface area (Å²) in [6.07, 6.45) is 1.25. The van der Waals surface area contributed by atoms with Crippen LogP contribution in [0, 0.1) is 0 Å². The Morgan fingerprint density at radius 3 is 3.04 bits per heavy atom. The average Bonchev–Trinajstić information content (AvgIpc) is 2.84. The molecule has 0 unspecified atom stereocenters. The normalized spacial score (nSPS) is 19.3. The molecule has 0 amide bonds. The van der Waals surface area contributed by atoms with E-state index in [1.165, 1.54) is 6.20 Å². The van der Waals surface area contributed by atoms with Gasteiger partial charge in [0, 0.05) is 12.6 Å². The summed E-state index contributed by atoms with van der Waals surface area (Å²) in [6.45, 7) is 1.97. The van der Waals surface area contributed by atoms with Gasteiger partial charge < -0.3 is 15.2 Å². The van der Waals surface area contributed by atoms with Crippen LogP contribution in [0.1, 0.15) is 34.5 Å². The fourth-order valence-corrected chi connectivity index (χ4v) is 2.86. The summed E-state index contributed by atoms with van der Waals surface area (Å²) < 4.78 is 5.00. The first-order valence-corrected chi connectivity index (χ1v) is 7.70. The van der Waals surface area contributed by atoms with E-state index in [-0.39, 0.29) is 29.3 Å². The highest BCUT2D eigenvalue weighted by Gasteiger charge is 2.32. The smallest absolute Gasteiger partial charge is 0.343 e. The molecule has 23 heavy (non-hydrogen) atoms. The van der Waals surface area contributed by atoms with E-state index in [1.54, 1.807) is 6.92 Å². The predicted molar refractivity (Wildman–Crippen MR) is 85.5 cm³/mol. The maximum atomic E-state index is 12.0. The van der Waals surface area contributed by atoms with Gasteiger partial charge in [0.1, 0.15) is 11.4 Å². The van der Waals surface area contributed by atoms with Crippen molar-refractivity contribution in [1.82, 2.24) is 9.97 Å². The van der Waals surface area contributed by atoms with Crippen molar-refractivity contribution < 1.29 is 14.6 Å². The van der Waals surface area contributed by atoms with Crippen LogP contribution in [0.25, 0.3) is 0 Å². The highest BCUT2D eigenvalue weighted by molar-refractivity contribution is 6.28. The molecule has 2 aromatic rings. The van der Waals surface area contributed by atoms with E-state index in [1.807, 2.05) is 24.3 Å². The molecule has 1 heterocycles. The largest absolute Gasteiger partial charge is 0.462 e. The molecule has 0 fully saturated rings. The third kappa shape index (κ3) is 3.13. The van der Waals surface area contributed by atoms with Crippen LogP contribution < -0.4 is 5.32 Å². The van der Waals surface area contributed by atoms with Crippen LogP contribution in [0.2, 0.25) is 5.28 Å². The molecule has 1 aromatic heterocycles. The molecule has 0 bridgehead atoms. The molecule has 0 saturated heterocycles. The number of hydrogen-bond acceptors (Lipinski definition) is 6. The number of halogens is 1. The van der Waals surface area contributed by atoms with Crippen LogP contribution in [0.5, 0.6) is 0 Å². The Balaban J connectivity index is 1.94. The number of esters is 1. The van der Waals surface area contributed by atoms with Gasteiger partial charge in [0.25, 0.3) is 0 Å². The molecule has 2 atom stereocenters. The Morgan fingerprint density at radius 1 is 1.48 bits per heavy atom. The number of aliphatic hydroxyl groups excluding tert-OH is 1. The number of rotatable bonds is 4. The second kappa shape index (κ2) is 6.52. The van der Waals surface area contributed by atoms with E-state index in [2.05, 4.69) is 15.3 Å². The van der Waals surface area contributed by atoms with Crippen molar-refractivity contribution in [1.29, 1.82) is 0 Å². The van der Waals surface area contributed by atoms with Crippen molar-refractivity contribution in [3.63, 3.8) is 0 Å². The SMILES string of the molecule is CCOC(=O)c1cnc(Cl)nc1N[C@@H]1c2ccccc2C[C@@H]1O. The van der Waals surface area contributed by atoms with Gasteiger partial charge >= 0.3 is 5.97 Å². The topological polar surface area (TPSA) is 84.3 Å². The van der Waals surface area contributed by atoms with Crippen LogP contribution in [-0.4, -0.2) is 33.8 Å². The van der Waals surface area contributed by atoms with Gasteiger partial charge in [0.05, 0.1) is 18.8 Å². The Hall–Kier alpha value is -2.18. The van der Waals surface area contributed by atoms with E-state index in [0.717, 1.165) is 11.1 Å². The first kappa shape index (κ1) is 15.7. The number of aromatic nitrogens is 2. The molecule has 1 aliphatic rings. The van der Waals surface area contributed by atoms with E-state index in [9.17, 15) is 9.90 Å². The van der Waals surface area contributed by atoms with Gasteiger partial charge in [-0.05, 0) is 29.7 Å². The summed E-state index contributed by atoms with van der Waals surface area (Å²) in [5, 5.41) is 13.4. The lowest BCUT2D eigenvalue weighted by Crippen LogP contribution is -2.23. The summed E-state index contributed by atoms with van der Waals surface area (Å²) in [6, 6.07) is 7.38. The highest BCUT2D eigenvalue weighted by Crippen LogP contribution is 2.34. The van der Waals surface area contributed by atoms with E-state index in [0.29, 0.717) is 6.42 Å². The molecular formula is C16H16ClN3O3. The second-order valence-electron chi connectivity index (χ2n) is 5.21. The van der Waals surface area contributed by atoms with Gasteiger partial charge in [-0.1, -0.05) is 24.3 Å². The quantitative estimate of drug-likeness (QED) is 0.660. The maximum Gasteiger partial charge on any atom is 0.343 e. The number of nitrogens with one attached hydrogen (secondary N) is 1. The summed E-state index contributed by atoms with van der Waals surface area (Å²) in [7, 11) is 0. The molecule has 0 spiro atoms. The highest BCUT2D eigenvalue weighted by atomic mass is 35.5. The first-order chi connectivity index (χ1) is 11.1. The Bertz CT molecular complexity index is 738. The number of carbonyl (C=O) groups is 1. The number of anilines is 1. The number of aliphatic hydroxyl groups is 1. The van der Waals surface area contributed by atoms with Crippen LogP contribution >= 0.6 is 11.6 Å². The van der Waals surface area contributed by atoms with Crippen molar-refractivity contribution in [3.8, 4) is 0 Å². The maximum absolute atomic E-state index is 12.0. The molecule has 2 N–H and O–H groups in total. The summed E-state index contributed by atoms with van der Waals surface area (Å²) in [5.74, 6) is -0.281. The lowest BCUT2D eigenvalue weighted by molar-refractivity contribution is 0.0526. The molecule has 0 aliphatic heterocycles. The van der Waals surface area contributed by atoms with Crippen molar-refractivity contribution in [2.45, 2.75) is 25.5 Å². The molecule has 0 saturated carbocycles. The van der Waals surface area contributed by atoms with Crippen LogP contribution in [-0.2, 0) is 11.2 Å². The minimum atomic E-state index is -0.615. The van der Waals surface area contributed by atoms with E-state index >= 15 is 0 Å². The van der Waals surface area contributed by atoms with Gasteiger partial charge in [-0.25, -0.2) is 9.78 Å². The Morgan fingerprint density at radius 2 is 2.26 bits per heavy atom. The molecule has 6 nitrogen and oxygen atoms in total. The number of carbonyl (C=O) groups excluding carboxylic acids is 1. The number of ether oxygens (including phenoxy) is 1. The summed E-state index contributed by atoms with van der Waals surface area (Å²) in [4.78, 5) is 19.9. The fourth-order valence-electron chi connectivity index (χ4n) is 2.72. The molecule has 120 valence electrons. The molecule has 7 heteroatoms. The zero-order valence-electron chi connectivity index (χ0n) is 12.5. The second-order valence-corrected chi connectivity index (χ2v) is 5.55. The molecular weight excluding hydrogens is 318 g/mol. The minimum Gasteiger partial charge on any atom is -0.462 e. The third-order valence-electron chi connectivity index (χ3n) is 3.75. The lowest BCUT2D eigenvalue weighted by Gasteiger charge is -2.20. The predicted octanol–water partition coefficient (Wildman–Crippen LogP) is 2.38. The number of benzene rings is 1. The minimum absolute atomic E-state index is 0.0151. The van der Waals surface area contributed by atoms with Crippen LogP contribution in [0.4, 0.5) is 5.82 Å². The molecule has 3 rings (SSSR count). The number of hydrogen-bond donors (Lipinski definition) is 2. The first-order valence-electron chi connectivity index (χ1n) is 7.32. The third-order valence-corrected chi connectivity index (χ3v) is 3.93. The Labute approximate surface area is 138 Å². The average molecular weight is 334 g/mol. The van der Waals surface area contributed by atoms with Gasteiger partial charge in [-0.3, -0.25) is 0 Å². The van der Waals surface area contributed by atoms with Crippen molar-refractivity contribution in [2.75, 3.05) is 11.9 Å². The fraction of sp³-hybridized carbons (Fsp3) is 0.312. The van der Waals surface area contributed by atoms with Crippen LogP contribution in [0.3, 0.4) is 0 Å². The van der Waals surface area contributed by atoms with Crippen molar-refractivity contribution in [3.05, 3.63) is 52.4 Å². The van der Waals surface area contributed by atoms with Gasteiger partial charge in [0.2, 0.25) is 5.28 Å². The van der Waals surface area contributed by atoms with Crippen molar-refractivity contribution >= 4 is 23.4 Å².